The molecule has 2 aliphatic heterocycles. The number of hydrogen-bond donors (Lipinski definition) is 1. The Balaban J connectivity index is 1.73. The van der Waals surface area contributed by atoms with Crippen LogP contribution >= 0.6 is 0 Å². The molecule has 0 unspecified atom stereocenters. The van der Waals surface area contributed by atoms with E-state index in [-0.39, 0.29) is 31.2 Å². The van der Waals surface area contributed by atoms with E-state index in [0.29, 0.717) is 25.3 Å². The van der Waals surface area contributed by atoms with Crippen LogP contribution in [0, 0.1) is 0 Å². The summed E-state index contributed by atoms with van der Waals surface area (Å²) in [7, 11) is -3.76. The maximum atomic E-state index is 12.9. The predicted molar refractivity (Wildman–Crippen MR) is 96.9 cm³/mol. The lowest BCUT2D eigenvalue weighted by Gasteiger charge is -2.37. The molecule has 1 amide bonds. The Kier molecular flexibility index (Phi) is 5.66. The van der Waals surface area contributed by atoms with Crippen LogP contribution in [0.15, 0.2) is 12.3 Å². The van der Waals surface area contributed by atoms with Crippen LogP contribution in [0.4, 0.5) is 5.82 Å². The topological polar surface area (TPSA) is 96.8 Å². The summed E-state index contributed by atoms with van der Waals surface area (Å²) < 4.78 is 36.9. The Bertz CT molecular complexity index is 740. The van der Waals surface area contributed by atoms with Gasteiger partial charge in [0.2, 0.25) is 5.91 Å². The van der Waals surface area contributed by atoms with Gasteiger partial charge in [-0.15, -0.1) is 0 Å². The van der Waals surface area contributed by atoms with Gasteiger partial charge < -0.3 is 4.74 Å². The molecule has 2 saturated heterocycles. The lowest BCUT2D eigenvalue weighted by Crippen LogP contribution is -2.58. The van der Waals surface area contributed by atoms with Crippen LogP contribution < -0.4 is 9.62 Å². The van der Waals surface area contributed by atoms with Gasteiger partial charge in [0.1, 0.15) is 11.9 Å². The van der Waals surface area contributed by atoms with Crippen LogP contribution in [-0.4, -0.2) is 66.3 Å². The molecule has 1 aromatic heterocycles. The minimum atomic E-state index is -3.76. The summed E-state index contributed by atoms with van der Waals surface area (Å²) in [6, 6.07) is 1.02. The summed E-state index contributed by atoms with van der Waals surface area (Å²) in [4.78, 5) is 14.5. The van der Waals surface area contributed by atoms with Crippen LogP contribution in [0.5, 0.6) is 0 Å². The molecule has 10 heteroatoms. The van der Waals surface area contributed by atoms with E-state index in [0.717, 1.165) is 6.42 Å². The van der Waals surface area contributed by atoms with Gasteiger partial charge in [0.15, 0.2) is 0 Å². The normalized spacial score (nSPS) is 28.5. The molecule has 9 nitrogen and oxygen atoms in total. The first kappa shape index (κ1) is 19.3. The number of nitrogens with one attached hydrogen (secondary N) is 1. The summed E-state index contributed by atoms with van der Waals surface area (Å²) >= 11 is 0. The minimum Gasteiger partial charge on any atom is -0.373 e. The zero-order valence-corrected chi connectivity index (χ0v) is 16.3. The van der Waals surface area contributed by atoms with Crippen molar-refractivity contribution in [1.29, 1.82) is 0 Å². The van der Waals surface area contributed by atoms with Crippen LogP contribution in [-0.2, 0) is 26.3 Å². The van der Waals surface area contributed by atoms with Crippen molar-refractivity contribution in [2.24, 2.45) is 0 Å². The molecule has 2 fully saturated rings. The highest BCUT2D eigenvalue weighted by Gasteiger charge is 2.37. The fourth-order valence-electron chi connectivity index (χ4n) is 3.59. The molecular formula is C16H27N5O4S. The van der Waals surface area contributed by atoms with Gasteiger partial charge in [0.05, 0.1) is 18.4 Å². The second kappa shape index (κ2) is 7.63. The van der Waals surface area contributed by atoms with E-state index >= 15 is 0 Å². The van der Waals surface area contributed by atoms with Gasteiger partial charge in [-0.1, -0.05) is 0 Å². The predicted octanol–water partition coefficient (Wildman–Crippen LogP) is 0.342. The average Bonchev–Trinajstić information content (AvgIpc) is 3.04. The van der Waals surface area contributed by atoms with Crippen molar-refractivity contribution in [2.75, 3.05) is 24.5 Å². The standard InChI is InChI=1S/C16H27N5O4S/c1-4-21-15(7-8-17-21)20-9-5-6-14(16(20)22)18-26(23,24)19-10-12(2)25-13(3)11-19/h7-8,12-14,18H,4-6,9-11H2,1-3H3/t12-,13+,14-/m1/s1. The van der Waals surface area contributed by atoms with E-state index in [1.54, 1.807) is 21.8 Å². The number of morpholine rings is 1. The molecule has 0 saturated carbocycles. The van der Waals surface area contributed by atoms with Crippen LogP contribution in [0.3, 0.4) is 0 Å². The number of carbonyl (C=O) groups is 1. The van der Waals surface area contributed by atoms with E-state index in [2.05, 4.69) is 9.82 Å². The number of aryl methyl sites for hydroxylation is 1. The number of nitrogens with zero attached hydrogens (tertiary/aromatic N) is 4. The van der Waals surface area contributed by atoms with E-state index in [4.69, 9.17) is 4.74 Å². The average molecular weight is 385 g/mol. The molecular weight excluding hydrogens is 358 g/mol. The Labute approximate surface area is 154 Å². The fraction of sp³-hybridized carbons (Fsp3) is 0.750. The van der Waals surface area contributed by atoms with Gasteiger partial charge >= 0.3 is 0 Å². The van der Waals surface area contributed by atoms with Crippen molar-refractivity contribution < 1.29 is 17.9 Å². The third kappa shape index (κ3) is 3.93. The second-order valence-corrected chi connectivity index (χ2v) is 8.59. The zero-order valence-electron chi connectivity index (χ0n) is 15.5. The number of carbonyl (C=O) groups excluding carboxylic acids is 1. The van der Waals surface area contributed by atoms with Gasteiger partial charge in [-0.25, -0.2) is 4.68 Å². The van der Waals surface area contributed by atoms with Crippen molar-refractivity contribution in [3.63, 3.8) is 0 Å². The van der Waals surface area contributed by atoms with Crippen molar-refractivity contribution in [2.45, 2.75) is 58.4 Å². The highest BCUT2D eigenvalue weighted by molar-refractivity contribution is 7.87. The third-order valence-electron chi connectivity index (χ3n) is 4.73. The van der Waals surface area contributed by atoms with E-state index < -0.39 is 16.3 Å². The third-order valence-corrected chi connectivity index (χ3v) is 6.29. The molecule has 1 N–H and O–H groups in total. The minimum absolute atomic E-state index is 0.173. The first-order valence-electron chi connectivity index (χ1n) is 9.08. The quantitative estimate of drug-likeness (QED) is 0.788. The molecule has 146 valence electrons. The first-order chi connectivity index (χ1) is 12.3. The van der Waals surface area contributed by atoms with Crippen LogP contribution in [0.1, 0.15) is 33.6 Å². The summed E-state index contributed by atoms with van der Waals surface area (Å²) in [6.45, 7) is 7.42. The summed E-state index contributed by atoms with van der Waals surface area (Å²) in [5.41, 5.74) is 0. The Morgan fingerprint density at radius 3 is 2.65 bits per heavy atom. The van der Waals surface area contributed by atoms with Crippen molar-refractivity contribution in [3.05, 3.63) is 12.3 Å². The van der Waals surface area contributed by atoms with Crippen molar-refractivity contribution in [1.82, 2.24) is 18.8 Å². The monoisotopic (exact) mass is 385 g/mol. The van der Waals surface area contributed by atoms with Gasteiger partial charge in [-0.2, -0.15) is 22.5 Å². The molecule has 0 spiro atoms. The zero-order chi connectivity index (χ0) is 18.9. The van der Waals surface area contributed by atoms with Crippen molar-refractivity contribution >= 4 is 21.9 Å². The lowest BCUT2D eigenvalue weighted by atomic mass is 10.1. The molecule has 0 radical (unpaired) electrons. The summed E-state index contributed by atoms with van der Waals surface area (Å²) in [5, 5.41) is 4.20. The van der Waals surface area contributed by atoms with Crippen LogP contribution in [0.2, 0.25) is 0 Å². The Hall–Kier alpha value is -1.49. The maximum absolute atomic E-state index is 12.9. The van der Waals surface area contributed by atoms with Gasteiger partial charge in [0.25, 0.3) is 10.2 Å². The molecule has 3 atom stereocenters. The fourth-order valence-corrected chi connectivity index (χ4v) is 5.13. The van der Waals surface area contributed by atoms with E-state index in [1.165, 1.54) is 4.31 Å². The highest BCUT2D eigenvalue weighted by Crippen LogP contribution is 2.22. The SMILES string of the molecule is CCn1nccc1N1CCC[C@@H](NS(=O)(=O)N2C[C@@H](C)O[C@@H](C)C2)C1=O. The Morgan fingerprint density at radius 2 is 2.00 bits per heavy atom. The number of rotatable bonds is 5. The van der Waals surface area contributed by atoms with Crippen LogP contribution in [0.25, 0.3) is 0 Å². The summed E-state index contributed by atoms with van der Waals surface area (Å²) in [6.07, 6.45) is 2.52. The maximum Gasteiger partial charge on any atom is 0.280 e. The number of anilines is 1. The largest absolute Gasteiger partial charge is 0.373 e. The molecule has 26 heavy (non-hydrogen) atoms. The van der Waals surface area contributed by atoms with Crippen molar-refractivity contribution in [3.8, 4) is 0 Å². The molecule has 0 aromatic carbocycles. The number of hydrogen-bond acceptors (Lipinski definition) is 5. The van der Waals surface area contributed by atoms with Gasteiger partial charge in [0, 0.05) is 32.2 Å². The molecule has 0 bridgehead atoms. The van der Waals surface area contributed by atoms with E-state index in [1.807, 2.05) is 20.8 Å². The molecule has 1 aromatic rings. The van der Waals surface area contributed by atoms with Gasteiger partial charge in [-0.05, 0) is 33.6 Å². The second-order valence-electron chi connectivity index (χ2n) is 6.89. The lowest BCUT2D eigenvalue weighted by molar-refractivity contribution is -0.121. The Morgan fingerprint density at radius 1 is 1.31 bits per heavy atom. The number of ether oxygens (including phenoxy) is 1. The summed E-state index contributed by atoms with van der Waals surface area (Å²) in [5.74, 6) is 0.472. The number of aromatic nitrogens is 2. The molecule has 3 heterocycles. The number of amides is 1. The molecule has 3 rings (SSSR count). The first-order valence-corrected chi connectivity index (χ1v) is 10.5. The molecule has 0 aliphatic carbocycles. The molecule has 2 aliphatic rings. The smallest absolute Gasteiger partial charge is 0.280 e. The highest BCUT2D eigenvalue weighted by atomic mass is 32.2. The van der Waals surface area contributed by atoms with Gasteiger partial charge in [-0.3, -0.25) is 9.69 Å². The number of piperidine rings is 1. The van der Waals surface area contributed by atoms with E-state index in [9.17, 15) is 13.2 Å².